The van der Waals surface area contributed by atoms with Gasteiger partial charge < -0.3 is 9.80 Å². The third kappa shape index (κ3) is 8.99. The number of nitrogens with zero attached hydrogens (tertiary/aromatic N) is 2. The van der Waals surface area contributed by atoms with Gasteiger partial charge in [0.05, 0.1) is 22.1 Å². The quantitative estimate of drug-likeness (QED) is 0.158. The van der Waals surface area contributed by atoms with Crippen LogP contribution in [-0.4, -0.2) is 0 Å². The molecule has 6 aromatic carbocycles. The Morgan fingerprint density at radius 2 is 0.932 bits per heavy atom. The number of hydrogen-bond donors (Lipinski definition) is 0. The SMILES string of the molecule is CC(C)(C)c1cccc(N(c2cccc(N(c3ccc(-c4cc(C(C)(C)C)cc(C(C)(C)C)c4)cc3)c3cccc(Cl)c3)c2Cl)c2csc3ccc(C(C)(C)C)cc23)c1. The van der Waals surface area contributed by atoms with E-state index in [0.717, 1.165) is 34.1 Å². The van der Waals surface area contributed by atoms with Gasteiger partial charge in [0.2, 0.25) is 0 Å². The zero-order valence-corrected chi connectivity index (χ0v) is 39.1. The van der Waals surface area contributed by atoms with Crippen molar-refractivity contribution in [3.05, 3.63) is 165 Å². The van der Waals surface area contributed by atoms with Crippen molar-refractivity contribution in [3.63, 3.8) is 0 Å². The molecule has 2 nitrogen and oxygen atoms in total. The highest BCUT2D eigenvalue weighted by atomic mass is 35.5. The van der Waals surface area contributed by atoms with E-state index in [0.29, 0.717) is 10.0 Å². The van der Waals surface area contributed by atoms with Crippen molar-refractivity contribution in [1.29, 1.82) is 0 Å². The Morgan fingerprint density at radius 1 is 0.407 bits per heavy atom. The third-order valence-electron chi connectivity index (χ3n) is 11.3. The van der Waals surface area contributed by atoms with Gasteiger partial charge >= 0.3 is 0 Å². The van der Waals surface area contributed by atoms with Crippen LogP contribution in [-0.2, 0) is 21.7 Å². The number of rotatable bonds is 7. The summed E-state index contributed by atoms with van der Waals surface area (Å²) in [5.41, 5.74) is 13.4. The molecule has 0 unspecified atom stereocenters. The van der Waals surface area contributed by atoms with E-state index >= 15 is 0 Å². The molecule has 0 radical (unpaired) electrons. The lowest BCUT2D eigenvalue weighted by molar-refractivity contribution is 0.569. The second kappa shape index (κ2) is 15.8. The predicted octanol–water partition coefficient (Wildman–Crippen LogP) is 18.0. The van der Waals surface area contributed by atoms with E-state index in [4.69, 9.17) is 23.2 Å². The van der Waals surface area contributed by atoms with E-state index in [1.165, 1.54) is 43.5 Å². The number of halogens is 2. The Labute approximate surface area is 367 Å². The maximum Gasteiger partial charge on any atom is 0.0887 e. The molecule has 7 aromatic rings. The molecule has 0 aliphatic heterocycles. The van der Waals surface area contributed by atoms with Gasteiger partial charge in [-0.3, -0.25) is 0 Å². The highest BCUT2D eigenvalue weighted by molar-refractivity contribution is 7.17. The van der Waals surface area contributed by atoms with Crippen LogP contribution in [0.5, 0.6) is 0 Å². The molecule has 59 heavy (non-hydrogen) atoms. The lowest BCUT2D eigenvalue weighted by atomic mass is 9.79. The summed E-state index contributed by atoms with van der Waals surface area (Å²) < 4.78 is 1.24. The molecule has 0 aliphatic rings. The molecule has 0 spiro atoms. The third-order valence-corrected chi connectivity index (χ3v) is 12.8. The number of hydrogen-bond acceptors (Lipinski definition) is 3. The van der Waals surface area contributed by atoms with Gasteiger partial charge in [0.15, 0.2) is 0 Å². The van der Waals surface area contributed by atoms with Crippen molar-refractivity contribution < 1.29 is 0 Å². The Balaban J connectivity index is 1.42. The molecule has 0 amide bonds. The first kappa shape index (κ1) is 42.6. The predicted molar refractivity (Wildman–Crippen MR) is 261 cm³/mol. The summed E-state index contributed by atoms with van der Waals surface area (Å²) >= 11 is 16.3. The van der Waals surface area contributed by atoms with Crippen LogP contribution in [0.25, 0.3) is 21.2 Å². The maximum atomic E-state index is 7.82. The minimum absolute atomic E-state index is 0.000775. The van der Waals surface area contributed by atoms with E-state index in [1.54, 1.807) is 11.3 Å². The highest BCUT2D eigenvalue weighted by Gasteiger charge is 2.27. The van der Waals surface area contributed by atoms with Crippen molar-refractivity contribution >= 4 is 78.7 Å². The molecule has 0 fully saturated rings. The van der Waals surface area contributed by atoms with Gasteiger partial charge in [-0.1, -0.05) is 167 Å². The fourth-order valence-corrected chi connectivity index (χ4v) is 8.92. The lowest BCUT2D eigenvalue weighted by Gasteiger charge is -2.32. The number of anilines is 6. The summed E-state index contributed by atoms with van der Waals surface area (Å²) in [5.74, 6) is 0. The van der Waals surface area contributed by atoms with Gasteiger partial charge in [-0.25, -0.2) is 0 Å². The molecule has 0 atom stereocenters. The average Bonchev–Trinajstić information content (AvgIpc) is 3.58. The van der Waals surface area contributed by atoms with Gasteiger partial charge in [0.25, 0.3) is 0 Å². The van der Waals surface area contributed by atoms with Gasteiger partial charge in [0.1, 0.15) is 0 Å². The number of thiophene rings is 1. The van der Waals surface area contributed by atoms with Crippen LogP contribution in [0.4, 0.5) is 34.1 Å². The summed E-state index contributed by atoms with van der Waals surface area (Å²) in [6.45, 7) is 27.3. The Morgan fingerprint density at radius 3 is 1.51 bits per heavy atom. The molecule has 304 valence electrons. The van der Waals surface area contributed by atoms with Crippen LogP contribution in [0, 0.1) is 0 Å². The summed E-state index contributed by atoms with van der Waals surface area (Å²) in [6, 6.07) is 46.1. The topological polar surface area (TPSA) is 6.48 Å². The largest absolute Gasteiger partial charge is 0.309 e. The zero-order chi connectivity index (χ0) is 42.7. The first-order chi connectivity index (χ1) is 27.6. The van der Waals surface area contributed by atoms with E-state index < -0.39 is 0 Å². The van der Waals surface area contributed by atoms with E-state index in [9.17, 15) is 0 Å². The van der Waals surface area contributed by atoms with Crippen LogP contribution < -0.4 is 9.80 Å². The minimum atomic E-state index is -0.0403. The van der Waals surface area contributed by atoms with Gasteiger partial charge in [-0.15, -0.1) is 11.3 Å². The van der Waals surface area contributed by atoms with Crippen molar-refractivity contribution in [3.8, 4) is 11.1 Å². The molecule has 5 heteroatoms. The first-order valence-corrected chi connectivity index (χ1v) is 22.3. The minimum Gasteiger partial charge on any atom is -0.309 e. The van der Waals surface area contributed by atoms with Gasteiger partial charge in [-0.2, -0.15) is 0 Å². The highest BCUT2D eigenvalue weighted by Crippen LogP contribution is 2.50. The van der Waals surface area contributed by atoms with Crippen molar-refractivity contribution in [2.45, 2.75) is 105 Å². The Bertz CT molecular complexity index is 2590. The van der Waals surface area contributed by atoms with E-state index in [-0.39, 0.29) is 21.7 Å². The molecule has 0 N–H and O–H groups in total. The summed E-state index contributed by atoms with van der Waals surface area (Å²) in [7, 11) is 0. The van der Waals surface area contributed by atoms with Crippen molar-refractivity contribution in [2.75, 3.05) is 9.80 Å². The lowest BCUT2D eigenvalue weighted by Crippen LogP contribution is -2.16. The smallest absolute Gasteiger partial charge is 0.0887 e. The second-order valence-corrected chi connectivity index (χ2v) is 21.7. The van der Waals surface area contributed by atoms with Crippen LogP contribution in [0.15, 0.2) is 133 Å². The zero-order valence-electron chi connectivity index (χ0n) is 36.8. The molecule has 0 aliphatic carbocycles. The standard InChI is InChI=1S/C54H58Cl2N2S/c1-51(2,3)37-16-13-18-43(31-37)58(48-34-59-49-27-24-38(32-45(48)49)52(4,5)6)47-21-15-20-46(50(47)56)57(44-19-14-17-41(55)33-44)42-25-22-35(23-26-42)36-28-39(53(7,8)9)30-40(29-36)54(10,11)12/h13-34H,1-12H3. The van der Waals surface area contributed by atoms with Crippen molar-refractivity contribution in [2.24, 2.45) is 0 Å². The summed E-state index contributed by atoms with van der Waals surface area (Å²) in [5, 5.41) is 4.77. The first-order valence-electron chi connectivity index (χ1n) is 20.6. The number of benzene rings is 6. The van der Waals surface area contributed by atoms with E-state index in [1.807, 2.05) is 18.2 Å². The van der Waals surface area contributed by atoms with Crippen molar-refractivity contribution in [1.82, 2.24) is 0 Å². The molecule has 0 saturated carbocycles. The molecule has 1 aromatic heterocycles. The van der Waals surface area contributed by atoms with Crippen LogP contribution in [0.2, 0.25) is 10.0 Å². The normalized spacial score (nSPS) is 12.6. The molecule has 1 heterocycles. The fourth-order valence-electron chi connectivity index (χ4n) is 7.53. The molecule has 0 bridgehead atoms. The van der Waals surface area contributed by atoms with Gasteiger partial charge in [0, 0.05) is 37.6 Å². The summed E-state index contributed by atoms with van der Waals surface area (Å²) in [6.07, 6.45) is 0. The molecular formula is C54H58Cl2N2S. The van der Waals surface area contributed by atoms with E-state index in [2.05, 4.69) is 207 Å². The fraction of sp³-hybridized carbons (Fsp3) is 0.296. The summed E-state index contributed by atoms with van der Waals surface area (Å²) in [4.78, 5) is 4.57. The van der Waals surface area contributed by atoms with Crippen LogP contribution in [0.3, 0.4) is 0 Å². The Kier molecular flexibility index (Phi) is 11.4. The van der Waals surface area contributed by atoms with Crippen LogP contribution >= 0.6 is 34.5 Å². The maximum absolute atomic E-state index is 7.82. The average molecular weight is 838 g/mol. The monoisotopic (exact) mass is 836 g/mol. The molecular weight excluding hydrogens is 780 g/mol. The van der Waals surface area contributed by atoms with Gasteiger partial charge in [-0.05, 0) is 122 Å². The number of fused-ring (bicyclic) bond motifs is 1. The van der Waals surface area contributed by atoms with Crippen LogP contribution in [0.1, 0.15) is 105 Å². The molecule has 0 saturated heterocycles. The second-order valence-electron chi connectivity index (χ2n) is 20.0. The Hall–Kier alpha value is -4.54. The molecule has 7 rings (SSSR count).